The van der Waals surface area contributed by atoms with E-state index in [2.05, 4.69) is 31.7 Å². The Hall–Kier alpha value is -2.69. The van der Waals surface area contributed by atoms with E-state index in [0.29, 0.717) is 15.1 Å². The maximum atomic E-state index is 12.7. The van der Waals surface area contributed by atoms with E-state index in [-0.39, 0.29) is 22.8 Å². The molecule has 29 heavy (non-hydrogen) atoms. The Morgan fingerprint density at radius 1 is 1.17 bits per heavy atom. The van der Waals surface area contributed by atoms with Crippen LogP contribution in [0.4, 0.5) is 0 Å². The molecular weight excluding hydrogens is 404 g/mol. The molecule has 1 amide bonds. The average Bonchev–Trinajstić information content (AvgIpc) is 2.97. The molecule has 0 saturated heterocycles. The number of benzene rings is 2. The Balaban J connectivity index is 2.10. The first kappa shape index (κ1) is 21.0. The molecule has 0 N–H and O–H groups in total. The van der Waals surface area contributed by atoms with Gasteiger partial charge in [-0.05, 0) is 41.3 Å². The summed E-state index contributed by atoms with van der Waals surface area (Å²) in [5.41, 5.74) is 2.36. The molecule has 0 atom stereocenters. The standard InChI is InChI=1S/C22H22N2O3S2/c1-6-13-24-18-12-11-17(29(5,26)27)14-19(18)28-21(24)23-20(25)15-7-9-16(10-8-15)22(2,3)4/h1,7-12,14H,13H2,2-5H3. The van der Waals surface area contributed by atoms with Crippen molar-refractivity contribution in [1.29, 1.82) is 0 Å². The van der Waals surface area contributed by atoms with Crippen LogP contribution in [0.3, 0.4) is 0 Å². The average molecular weight is 427 g/mol. The van der Waals surface area contributed by atoms with Crippen molar-refractivity contribution < 1.29 is 13.2 Å². The molecule has 1 heterocycles. The number of thiazole rings is 1. The molecule has 0 aliphatic rings. The number of fused-ring (bicyclic) bond motifs is 1. The van der Waals surface area contributed by atoms with Gasteiger partial charge in [-0.25, -0.2) is 8.42 Å². The van der Waals surface area contributed by atoms with Gasteiger partial charge in [0.1, 0.15) is 0 Å². The monoisotopic (exact) mass is 426 g/mol. The van der Waals surface area contributed by atoms with Gasteiger partial charge in [-0.15, -0.1) is 6.42 Å². The lowest BCUT2D eigenvalue weighted by Crippen LogP contribution is -2.16. The van der Waals surface area contributed by atoms with Gasteiger partial charge in [-0.2, -0.15) is 4.99 Å². The highest BCUT2D eigenvalue weighted by Crippen LogP contribution is 2.23. The summed E-state index contributed by atoms with van der Waals surface area (Å²) in [6.07, 6.45) is 6.65. The lowest BCUT2D eigenvalue weighted by atomic mass is 9.87. The summed E-state index contributed by atoms with van der Waals surface area (Å²) in [6.45, 7) is 6.56. The molecular formula is C22H22N2O3S2. The highest BCUT2D eigenvalue weighted by molar-refractivity contribution is 7.90. The summed E-state index contributed by atoms with van der Waals surface area (Å²) in [5.74, 6) is 2.20. The smallest absolute Gasteiger partial charge is 0.279 e. The molecule has 0 unspecified atom stereocenters. The quantitative estimate of drug-likeness (QED) is 0.599. The highest BCUT2D eigenvalue weighted by atomic mass is 32.2. The first-order valence-corrected chi connectivity index (χ1v) is 11.7. The minimum absolute atomic E-state index is 0.00264. The minimum Gasteiger partial charge on any atom is -0.305 e. The van der Waals surface area contributed by atoms with Crippen molar-refractivity contribution in [2.24, 2.45) is 4.99 Å². The second-order valence-electron chi connectivity index (χ2n) is 7.82. The third-order valence-electron chi connectivity index (χ3n) is 4.53. The number of nitrogens with zero attached hydrogens (tertiary/aromatic N) is 2. The zero-order chi connectivity index (χ0) is 21.4. The molecule has 0 radical (unpaired) electrons. The van der Waals surface area contributed by atoms with Crippen LogP contribution in [-0.2, 0) is 21.8 Å². The Morgan fingerprint density at radius 2 is 1.83 bits per heavy atom. The Morgan fingerprint density at radius 3 is 2.38 bits per heavy atom. The van der Waals surface area contributed by atoms with Crippen molar-refractivity contribution in [3.63, 3.8) is 0 Å². The number of rotatable bonds is 3. The number of amides is 1. The molecule has 0 fully saturated rings. The molecule has 150 valence electrons. The van der Waals surface area contributed by atoms with E-state index in [4.69, 9.17) is 6.42 Å². The van der Waals surface area contributed by atoms with E-state index in [0.717, 1.165) is 17.3 Å². The second kappa shape index (κ2) is 7.62. The predicted molar refractivity (Wildman–Crippen MR) is 117 cm³/mol. The third-order valence-corrected chi connectivity index (χ3v) is 6.68. The molecule has 3 rings (SSSR count). The first-order chi connectivity index (χ1) is 13.5. The summed E-state index contributed by atoms with van der Waals surface area (Å²) in [5, 5.41) is 0. The van der Waals surface area contributed by atoms with Gasteiger partial charge in [0.25, 0.3) is 5.91 Å². The van der Waals surface area contributed by atoms with Gasteiger partial charge < -0.3 is 4.57 Å². The van der Waals surface area contributed by atoms with Gasteiger partial charge >= 0.3 is 0 Å². The molecule has 3 aromatic rings. The molecule has 0 bridgehead atoms. The minimum atomic E-state index is -3.33. The van der Waals surface area contributed by atoms with Crippen LogP contribution in [-0.4, -0.2) is 25.1 Å². The third kappa shape index (κ3) is 4.50. The van der Waals surface area contributed by atoms with Gasteiger partial charge in [-0.3, -0.25) is 4.79 Å². The lowest BCUT2D eigenvalue weighted by molar-refractivity contribution is 0.0998. The van der Waals surface area contributed by atoms with E-state index in [1.165, 1.54) is 17.4 Å². The first-order valence-electron chi connectivity index (χ1n) is 8.97. The van der Waals surface area contributed by atoms with Crippen LogP contribution in [0.25, 0.3) is 10.2 Å². The number of terminal acetylenes is 1. The van der Waals surface area contributed by atoms with Gasteiger partial charge in [0.15, 0.2) is 14.6 Å². The number of hydrogen-bond acceptors (Lipinski definition) is 4. The molecule has 0 aliphatic carbocycles. The van der Waals surface area contributed by atoms with Gasteiger partial charge in [0.2, 0.25) is 0 Å². The predicted octanol–water partition coefficient (Wildman–Crippen LogP) is 3.78. The topological polar surface area (TPSA) is 68.5 Å². The molecule has 0 spiro atoms. The maximum Gasteiger partial charge on any atom is 0.279 e. The van der Waals surface area contributed by atoms with E-state index in [9.17, 15) is 13.2 Å². The van der Waals surface area contributed by atoms with Crippen molar-refractivity contribution >= 4 is 37.3 Å². The van der Waals surface area contributed by atoms with Crippen LogP contribution in [0.1, 0.15) is 36.7 Å². The largest absolute Gasteiger partial charge is 0.305 e. The fourth-order valence-electron chi connectivity index (χ4n) is 2.88. The zero-order valence-corrected chi connectivity index (χ0v) is 18.4. The van der Waals surface area contributed by atoms with Crippen molar-refractivity contribution in [2.45, 2.75) is 37.6 Å². The molecule has 5 nitrogen and oxygen atoms in total. The molecule has 7 heteroatoms. The van der Waals surface area contributed by atoms with Crippen molar-refractivity contribution in [2.75, 3.05) is 6.26 Å². The van der Waals surface area contributed by atoms with Crippen LogP contribution in [0, 0.1) is 12.3 Å². The Bertz CT molecular complexity index is 1300. The number of carbonyl (C=O) groups is 1. The van der Waals surface area contributed by atoms with Gasteiger partial charge in [0, 0.05) is 11.8 Å². The van der Waals surface area contributed by atoms with Crippen molar-refractivity contribution in [1.82, 2.24) is 4.57 Å². The fraction of sp³-hybridized carbons (Fsp3) is 0.273. The van der Waals surface area contributed by atoms with Crippen molar-refractivity contribution in [3.8, 4) is 12.3 Å². The van der Waals surface area contributed by atoms with Crippen LogP contribution >= 0.6 is 11.3 Å². The second-order valence-corrected chi connectivity index (χ2v) is 10.8. The van der Waals surface area contributed by atoms with E-state index in [1.807, 2.05) is 12.1 Å². The van der Waals surface area contributed by atoms with Crippen molar-refractivity contribution in [3.05, 3.63) is 58.4 Å². The van der Waals surface area contributed by atoms with E-state index >= 15 is 0 Å². The summed E-state index contributed by atoms with van der Waals surface area (Å²) < 4.78 is 26.1. The van der Waals surface area contributed by atoms with Crippen LogP contribution in [0.15, 0.2) is 52.4 Å². The van der Waals surface area contributed by atoms with Crippen LogP contribution < -0.4 is 4.80 Å². The summed E-state index contributed by atoms with van der Waals surface area (Å²) in [7, 11) is -3.33. The number of hydrogen-bond donors (Lipinski definition) is 0. The summed E-state index contributed by atoms with van der Waals surface area (Å²) in [4.78, 5) is 17.6. The van der Waals surface area contributed by atoms with Crippen LogP contribution in [0.5, 0.6) is 0 Å². The zero-order valence-electron chi connectivity index (χ0n) is 16.8. The number of aromatic nitrogens is 1. The molecule has 0 saturated carbocycles. The highest BCUT2D eigenvalue weighted by Gasteiger charge is 2.15. The SMILES string of the molecule is C#CCn1c(=NC(=O)c2ccc(C(C)(C)C)cc2)sc2cc(S(C)(=O)=O)ccc21. The normalized spacial score (nSPS) is 12.9. The summed E-state index contributed by atoms with van der Waals surface area (Å²) in [6, 6.07) is 12.2. The van der Waals surface area contributed by atoms with E-state index < -0.39 is 9.84 Å². The molecule has 1 aromatic heterocycles. The molecule has 0 aliphatic heterocycles. The Labute approximate surface area is 174 Å². The van der Waals surface area contributed by atoms with Gasteiger partial charge in [-0.1, -0.05) is 50.2 Å². The number of carbonyl (C=O) groups excluding carboxylic acids is 1. The molecule has 2 aromatic carbocycles. The van der Waals surface area contributed by atoms with Crippen LogP contribution in [0.2, 0.25) is 0 Å². The lowest BCUT2D eigenvalue weighted by Gasteiger charge is -2.18. The van der Waals surface area contributed by atoms with Gasteiger partial charge in [0.05, 0.1) is 21.7 Å². The Kier molecular flexibility index (Phi) is 5.52. The number of sulfone groups is 1. The van der Waals surface area contributed by atoms with E-state index in [1.54, 1.807) is 28.8 Å². The maximum absolute atomic E-state index is 12.7. The summed E-state index contributed by atoms with van der Waals surface area (Å²) >= 11 is 1.24. The fourth-order valence-corrected chi connectivity index (χ4v) is 4.67.